The summed E-state index contributed by atoms with van der Waals surface area (Å²) in [6, 6.07) is 0. The molecule has 4 heteroatoms. The topological polar surface area (TPSA) is 62.3 Å². The number of nitrogens with two attached hydrogens (primary N) is 1. The van der Waals surface area contributed by atoms with Crippen molar-refractivity contribution in [2.45, 2.75) is 34.1 Å². The molecule has 0 aliphatic carbocycles. The first kappa shape index (κ1) is 15.4. The lowest BCUT2D eigenvalue weighted by molar-refractivity contribution is 0.112. The van der Waals surface area contributed by atoms with Gasteiger partial charge >= 0.3 is 0 Å². The summed E-state index contributed by atoms with van der Waals surface area (Å²) in [5, 5.41) is 7.50. The highest BCUT2D eigenvalue weighted by Gasteiger charge is 2.22. The third-order valence-electron chi connectivity index (χ3n) is 2.99. The Balaban J connectivity index is 3.90. The summed E-state index contributed by atoms with van der Waals surface area (Å²) >= 11 is 0. The second-order valence-corrected chi connectivity index (χ2v) is 4.68. The first-order valence-corrected chi connectivity index (χ1v) is 6.08. The van der Waals surface area contributed by atoms with Crippen LogP contribution in [0.15, 0.2) is 0 Å². The SMILES string of the molecule is CCOCCN(CC)CCC(C)(C)C(=N)N. The highest BCUT2D eigenvalue weighted by Crippen LogP contribution is 2.19. The molecule has 0 saturated heterocycles. The molecule has 0 amide bonds. The first-order chi connectivity index (χ1) is 7.44. The van der Waals surface area contributed by atoms with Crippen molar-refractivity contribution in [1.82, 2.24) is 4.90 Å². The van der Waals surface area contributed by atoms with Gasteiger partial charge in [-0.3, -0.25) is 5.41 Å². The lowest BCUT2D eigenvalue weighted by atomic mass is 9.88. The molecule has 0 aromatic heterocycles. The number of hydrogen-bond acceptors (Lipinski definition) is 3. The Kier molecular flexibility index (Phi) is 7.34. The molecule has 0 unspecified atom stereocenters. The van der Waals surface area contributed by atoms with Crippen molar-refractivity contribution in [2.75, 3.05) is 32.8 Å². The maximum absolute atomic E-state index is 7.50. The molecular weight excluding hydrogens is 202 g/mol. The van der Waals surface area contributed by atoms with Crippen LogP contribution in [0.3, 0.4) is 0 Å². The highest BCUT2D eigenvalue weighted by molar-refractivity contribution is 5.82. The third kappa shape index (κ3) is 6.08. The monoisotopic (exact) mass is 229 g/mol. The van der Waals surface area contributed by atoms with Crippen LogP contribution in [-0.2, 0) is 4.74 Å². The van der Waals surface area contributed by atoms with Gasteiger partial charge < -0.3 is 15.4 Å². The van der Waals surface area contributed by atoms with Crippen molar-refractivity contribution in [2.24, 2.45) is 11.1 Å². The fourth-order valence-corrected chi connectivity index (χ4v) is 1.34. The standard InChI is InChI=1S/C12H27N3O/c1-5-15(9-10-16-6-2)8-7-12(3,4)11(13)14/h5-10H2,1-4H3,(H3,13,14). The molecule has 3 N–H and O–H groups in total. The zero-order valence-corrected chi connectivity index (χ0v) is 11.2. The number of likely N-dealkylation sites (N-methyl/N-ethyl adjacent to an activating group) is 1. The van der Waals surface area contributed by atoms with E-state index in [-0.39, 0.29) is 11.3 Å². The molecule has 0 radical (unpaired) electrons. The van der Waals surface area contributed by atoms with Crippen molar-refractivity contribution < 1.29 is 4.74 Å². The maximum Gasteiger partial charge on any atom is 0.0963 e. The van der Waals surface area contributed by atoms with Crippen LogP contribution in [0, 0.1) is 10.8 Å². The van der Waals surface area contributed by atoms with Gasteiger partial charge in [0, 0.05) is 18.6 Å². The van der Waals surface area contributed by atoms with E-state index in [1.165, 1.54) is 0 Å². The Hall–Kier alpha value is -0.610. The molecule has 0 spiro atoms. The molecule has 0 fully saturated rings. The lowest BCUT2D eigenvalue weighted by Gasteiger charge is -2.27. The Morgan fingerprint density at radius 3 is 2.38 bits per heavy atom. The van der Waals surface area contributed by atoms with E-state index in [0.29, 0.717) is 0 Å². The quantitative estimate of drug-likeness (QED) is 0.359. The average Bonchev–Trinajstić information content (AvgIpc) is 2.23. The van der Waals surface area contributed by atoms with Gasteiger partial charge in [-0.05, 0) is 26.4 Å². The summed E-state index contributed by atoms with van der Waals surface area (Å²) in [5.41, 5.74) is 5.36. The second kappa shape index (κ2) is 7.63. The minimum Gasteiger partial charge on any atom is -0.387 e. The number of amidine groups is 1. The summed E-state index contributed by atoms with van der Waals surface area (Å²) < 4.78 is 5.34. The zero-order chi connectivity index (χ0) is 12.6. The first-order valence-electron chi connectivity index (χ1n) is 6.08. The predicted octanol–water partition coefficient (Wildman–Crippen LogP) is 1.70. The predicted molar refractivity (Wildman–Crippen MR) is 68.9 cm³/mol. The van der Waals surface area contributed by atoms with Crippen LogP contribution in [0.2, 0.25) is 0 Å². The van der Waals surface area contributed by atoms with Crippen LogP contribution < -0.4 is 5.73 Å². The van der Waals surface area contributed by atoms with Crippen molar-refractivity contribution >= 4 is 5.84 Å². The molecular formula is C12H27N3O. The molecule has 0 rings (SSSR count). The molecule has 0 atom stereocenters. The second-order valence-electron chi connectivity index (χ2n) is 4.68. The average molecular weight is 229 g/mol. The van der Waals surface area contributed by atoms with Crippen molar-refractivity contribution in [3.05, 3.63) is 0 Å². The normalized spacial score (nSPS) is 12.1. The van der Waals surface area contributed by atoms with Gasteiger partial charge in [-0.1, -0.05) is 20.8 Å². The van der Waals surface area contributed by atoms with Gasteiger partial charge in [-0.2, -0.15) is 0 Å². The van der Waals surface area contributed by atoms with E-state index in [2.05, 4.69) is 11.8 Å². The minimum absolute atomic E-state index is 0.195. The van der Waals surface area contributed by atoms with Crippen molar-refractivity contribution in [3.8, 4) is 0 Å². The van der Waals surface area contributed by atoms with E-state index in [9.17, 15) is 0 Å². The fraction of sp³-hybridized carbons (Fsp3) is 0.917. The Morgan fingerprint density at radius 2 is 1.94 bits per heavy atom. The van der Waals surface area contributed by atoms with Crippen LogP contribution in [0.25, 0.3) is 0 Å². The maximum atomic E-state index is 7.50. The molecule has 0 aliphatic rings. The van der Waals surface area contributed by atoms with Crippen LogP contribution in [0.4, 0.5) is 0 Å². The van der Waals surface area contributed by atoms with E-state index < -0.39 is 0 Å². The van der Waals surface area contributed by atoms with Gasteiger partial charge in [0.05, 0.1) is 12.4 Å². The van der Waals surface area contributed by atoms with E-state index in [1.807, 2.05) is 20.8 Å². The van der Waals surface area contributed by atoms with E-state index in [0.717, 1.165) is 39.3 Å². The van der Waals surface area contributed by atoms with E-state index in [4.69, 9.17) is 15.9 Å². The number of nitrogens with one attached hydrogen (secondary N) is 1. The van der Waals surface area contributed by atoms with E-state index in [1.54, 1.807) is 0 Å². The number of hydrogen-bond donors (Lipinski definition) is 2. The summed E-state index contributed by atoms with van der Waals surface area (Å²) in [6.45, 7) is 12.7. The molecule has 16 heavy (non-hydrogen) atoms. The lowest BCUT2D eigenvalue weighted by Crippen LogP contribution is -2.36. The smallest absolute Gasteiger partial charge is 0.0963 e. The molecule has 0 aromatic rings. The molecule has 0 saturated carbocycles. The Morgan fingerprint density at radius 1 is 1.31 bits per heavy atom. The van der Waals surface area contributed by atoms with E-state index >= 15 is 0 Å². The summed E-state index contributed by atoms with van der Waals surface area (Å²) in [4.78, 5) is 2.33. The third-order valence-corrected chi connectivity index (χ3v) is 2.99. The summed E-state index contributed by atoms with van der Waals surface area (Å²) in [7, 11) is 0. The van der Waals surface area contributed by atoms with Gasteiger partial charge in [0.25, 0.3) is 0 Å². The fourth-order valence-electron chi connectivity index (χ4n) is 1.34. The number of nitrogens with zero attached hydrogens (tertiary/aromatic N) is 1. The molecule has 0 bridgehead atoms. The number of ether oxygens (including phenoxy) is 1. The van der Waals surface area contributed by atoms with Gasteiger partial charge in [-0.15, -0.1) is 0 Å². The van der Waals surface area contributed by atoms with Crippen LogP contribution in [0.1, 0.15) is 34.1 Å². The summed E-state index contributed by atoms with van der Waals surface area (Å²) in [6.07, 6.45) is 0.919. The highest BCUT2D eigenvalue weighted by atomic mass is 16.5. The molecule has 0 heterocycles. The largest absolute Gasteiger partial charge is 0.387 e. The number of rotatable bonds is 9. The van der Waals surface area contributed by atoms with Crippen molar-refractivity contribution in [1.29, 1.82) is 5.41 Å². The van der Waals surface area contributed by atoms with Gasteiger partial charge in [0.15, 0.2) is 0 Å². The van der Waals surface area contributed by atoms with Gasteiger partial charge in [0.2, 0.25) is 0 Å². The minimum atomic E-state index is -0.195. The summed E-state index contributed by atoms with van der Waals surface area (Å²) in [5.74, 6) is 0.272. The molecule has 0 aromatic carbocycles. The molecule has 96 valence electrons. The molecule has 4 nitrogen and oxygen atoms in total. The van der Waals surface area contributed by atoms with Crippen LogP contribution >= 0.6 is 0 Å². The van der Waals surface area contributed by atoms with Crippen LogP contribution in [0.5, 0.6) is 0 Å². The van der Waals surface area contributed by atoms with Crippen molar-refractivity contribution in [3.63, 3.8) is 0 Å². The molecule has 0 aliphatic heterocycles. The van der Waals surface area contributed by atoms with Crippen LogP contribution in [-0.4, -0.2) is 43.6 Å². The van der Waals surface area contributed by atoms with Gasteiger partial charge in [-0.25, -0.2) is 0 Å². The Bertz CT molecular complexity index is 204. The Labute approximate surface area is 99.7 Å². The van der Waals surface area contributed by atoms with Gasteiger partial charge in [0.1, 0.15) is 0 Å². The zero-order valence-electron chi connectivity index (χ0n) is 11.2.